The predicted octanol–water partition coefficient (Wildman–Crippen LogP) is 3.15. The third kappa shape index (κ3) is 2.96. The van der Waals surface area contributed by atoms with Crippen molar-refractivity contribution in [3.05, 3.63) is 0 Å². The van der Waals surface area contributed by atoms with E-state index < -0.39 is 0 Å². The molecule has 19 heavy (non-hydrogen) atoms. The molecule has 0 spiro atoms. The molecule has 0 aromatic rings. The normalized spacial score (nSPS) is 30.6. The molecule has 1 aliphatic heterocycles. The van der Waals surface area contributed by atoms with E-state index >= 15 is 0 Å². The van der Waals surface area contributed by atoms with Crippen molar-refractivity contribution in [3.8, 4) is 0 Å². The summed E-state index contributed by atoms with van der Waals surface area (Å²) in [6, 6.07) is 0.434. The van der Waals surface area contributed by atoms with E-state index in [9.17, 15) is 4.79 Å². The zero-order chi connectivity index (χ0) is 14.0. The number of hydrogen-bond acceptors (Lipinski definition) is 2. The van der Waals surface area contributed by atoms with Crippen molar-refractivity contribution in [3.63, 3.8) is 0 Å². The first-order valence-electron chi connectivity index (χ1n) is 8.14. The summed E-state index contributed by atoms with van der Waals surface area (Å²) in [4.78, 5) is 14.9. The van der Waals surface area contributed by atoms with E-state index in [1.165, 1.54) is 25.7 Å². The smallest absolute Gasteiger partial charge is 0.241 e. The molecule has 1 aliphatic carbocycles. The second kappa shape index (κ2) is 6.25. The maximum absolute atomic E-state index is 12.7. The third-order valence-electron chi connectivity index (χ3n) is 4.98. The molecule has 2 aliphatic rings. The van der Waals surface area contributed by atoms with E-state index in [-0.39, 0.29) is 12.2 Å². The van der Waals surface area contributed by atoms with E-state index in [1.54, 1.807) is 0 Å². The van der Waals surface area contributed by atoms with Gasteiger partial charge in [0.05, 0.1) is 12.2 Å². The van der Waals surface area contributed by atoms with Crippen LogP contribution < -0.4 is 5.32 Å². The number of nitrogens with one attached hydrogen (secondary N) is 1. The van der Waals surface area contributed by atoms with Gasteiger partial charge >= 0.3 is 0 Å². The molecule has 1 N–H and O–H groups in total. The average Bonchev–Trinajstić information content (AvgIpc) is 2.97. The minimum absolute atomic E-state index is 0.0282. The summed E-state index contributed by atoms with van der Waals surface area (Å²) < 4.78 is 0. The SMILES string of the molecule is CCCC1NC(C(C)C)C(=O)N1C(C)C1CCCC1. The fourth-order valence-corrected chi connectivity index (χ4v) is 3.80. The number of carbonyl (C=O) groups excluding carboxylic acids is 1. The molecule has 1 saturated carbocycles. The molecular formula is C16H30N2O. The molecule has 0 bridgehead atoms. The van der Waals surface area contributed by atoms with Gasteiger partial charge in [-0.3, -0.25) is 10.1 Å². The van der Waals surface area contributed by atoms with Crippen LogP contribution in [0.4, 0.5) is 0 Å². The molecule has 0 aromatic carbocycles. The van der Waals surface area contributed by atoms with Crippen molar-refractivity contribution < 1.29 is 4.79 Å². The van der Waals surface area contributed by atoms with Crippen molar-refractivity contribution in [1.29, 1.82) is 0 Å². The minimum Gasteiger partial charge on any atom is -0.323 e. The van der Waals surface area contributed by atoms with Crippen LogP contribution in [0.5, 0.6) is 0 Å². The fraction of sp³-hybridized carbons (Fsp3) is 0.938. The first-order valence-corrected chi connectivity index (χ1v) is 8.14. The van der Waals surface area contributed by atoms with Crippen molar-refractivity contribution in [2.24, 2.45) is 11.8 Å². The van der Waals surface area contributed by atoms with Crippen molar-refractivity contribution in [2.75, 3.05) is 0 Å². The number of rotatable bonds is 5. The van der Waals surface area contributed by atoms with Crippen LogP contribution in [0.1, 0.15) is 66.2 Å². The summed E-state index contributed by atoms with van der Waals surface area (Å²) in [7, 11) is 0. The topological polar surface area (TPSA) is 32.3 Å². The van der Waals surface area contributed by atoms with Crippen LogP contribution in [0.15, 0.2) is 0 Å². The largest absolute Gasteiger partial charge is 0.323 e. The van der Waals surface area contributed by atoms with Gasteiger partial charge in [-0.1, -0.05) is 40.0 Å². The van der Waals surface area contributed by atoms with Gasteiger partial charge in [0.2, 0.25) is 5.91 Å². The van der Waals surface area contributed by atoms with Crippen LogP contribution in [0.3, 0.4) is 0 Å². The van der Waals surface area contributed by atoms with Gasteiger partial charge in [-0.2, -0.15) is 0 Å². The first-order chi connectivity index (χ1) is 9.06. The number of hydrogen-bond donors (Lipinski definition) is 1. The van der Waals surface area contributed by atoms with Gasteiger partial charge in [0.15, 0.2) is 0 Å². The average molecular weight is 266 g/mol. The number of nitrogens with zero attached hydrogens (tertiary/aromatic N) is 1. The van der Waals surface area contributed by atoms with E-state index in [2.05, 4.69) is 37.9 Å². The van der Waals surface area contributed by atoms with Gasteiger partial charge in [0, 0.05) is 6.04 Å². The van der Waals surface area contributed by atoms with Gasteiger partial charge in [-0.05, 0) is 38.0 Å². The standard InChI is InChI=1S/C16H30N2O/c1-5-8-14-17-15(11(2)3)16(19)18(14)12(4)13-9-6-7-10-13/h11-15,17H,5-10H2,1-4H3. The molecule has 2 rings (SSSR count). The molecule has 1 saturated heterocycles. The van der Waals surface area contributed by atoms with Gasteiger partial charge in [0.1, 0.15) is 0 Å². The van der Waals surface area contributed by atoms with E-state index in [0.717, 1.165) is 18.8 Å². The Hall–Kier alpha value is -0.570. The van der Waals surface area contributed by atoms with Crippen molar-refractivity contribution >= 4 is 5.91 Å². The molecule has 1 amide bonds. The quantitative estimate of drug-likeness (QED) is 0.829. The van der Waals surface area contributed by atoms with Crippen LogP contribution >= 0.6 is 0 Å². The first kappa shape index (κ1) is 14.8. The summed E-state index contributed by atoms with van der Waals surface area (Å²) in [5, 5.41) is 3.57. The Morgan fingerprint density at radius 2 is 1.89 bits per heavy atom. The van der Waals surface area contributed by atoms with Crippen LogP contribution in [0, 0.1) is 11.8 Å². The van der Waals surface area contributed by atoms with Crippen LogP contribution in [-0.4, -0.2) is 29.1 Å². The molecular weight excluding hydrogens is 236 g/mol. The molecule has 3 unspecified atom stereocenters. The highest BCUT2D eigenvalue weighted by Gasteiger charge is 2.43. The minimum atomic E-state index is 0.0282. The molecule has 110 valence electrons. The van der Waals surface area contributed by atoms with Crippen molar-refractivity contribution in [1.82, 2.24) is 10.2 Å². The summed E-state index contributed by atoms with van der Waals surface area (Å²) in [5.41, 5.74) is 0. The third-order valence-corrected chi connectivity index (χ3v) is 4.98. The highest BCUT2D eigenvalue weighted by Crippen LogP contribution is 2.33. The Balaban J connectivity index is 2.11. The Morgan fingerprint density at radius 1 is 1.26 bits per heavy atom. The molecule has 0 radical (unpaired) electrons. The second-order valence-corrected chi connectivity index (χ2v) is 6.72. The summed E-state index contributed by atoms with van der Waals surface area (Å²) in [6.45, 7) is 8.75. The predicted molar refractivity (Wildman–Crippen MR) is 78.7 cm³/mol. The molecule has 3 atom stereocenters. The highest BCUT2D eigenvalue weighted by molar-refractivity contribution is 5.85. The fourth-order valence-electron chi connectivity index (χ4n) is 3.80. The Morgan fingerprint density at radius 3 is 2.42 bits per heavy atom. The molecule has 2 fully saturated rings. The molecule has 0 aromatic heterocycles. The zero-order valence-corrected chi connectivity index (χ0v) is 13.0. The van der Waals surface area contributed by atoms with E-state index in [0.29, 0.717) is 17.9 Å². The van der Waals surface area contributed by atoms with Gasteiger partial charge < -0.3 is 4.90 Å². The molecule has 1 heterocycles. The van der Waals surface area contributed by atoms with Gasteiger partial charge in [-0.25, -0.2) is 0 Å². The highest BCUT2D eigenvalue weighted by atomic mass is 16.2. The summed E-state index contributed by atoms with van der Waals surface area (Å²) in [6.07, 6.45) is 7.76. The lowest BCUT2D eigenvalue weighted by Gasteiger charge is -2.34. The zero-order valence-electron chi connectivity index (χ0n) is 13.0. The lowest BCUT2D eigenvalue weighted by molar-refractivity contribution is -0.133. The Bertz CT molecular complexity index is 310. The lowest BCUT2D eigenvalue weighted by atomic mass is 9.97. The monoisotopic (exact) mass is 266 g/mol. The summed E-state index contributed by atoms with van der Waals surface area (Å²) >= 11 is 0. The van der Waals surface area contributed by atoms with Crippen LogP contribution in [0.2, 0.25) is 0 Å². The van der Waals surface area contributed by atoms with E-state index in [4.69, 9.17) is 0 Å². The summed E-state index contributed by atoms with van der Waals surface area (Å²) in [5.74, 6) is 1.44. The Kier molecular flexibility index (Phi) is 4.88. The van der Waals surface area contributed by atoms with Gasteiger partial charge in [0.25, 0.3) is 0 Å². The second-order valence-electron chi connectivity index (χ2n) is 6.72. The number of amides is 1. The molecule has 3 heteroatoms. The Labute approximate surface area is 118 Å². The van der Waals surface area contributed by atoms with Crippen LogP contribution in [-0.2, 0) is 4.79 Å². The van der Waals surface area contributed by atoms with Crippen molar-refractivity contribution in [2.45, 2.75) is 84.5 Å². The molecule has 3 nitrogen and oxygen atoms in total. The lowest BCUT2D eigenvalue weighted by Crippen LogP contribution is -2.46. The van der Waals surface area contributed by atoms with E-state index in [1.807, 2.05) is 0 Å². The maximum atomic E-state index is 12.7. The van der Waals surface area contributed by atoms with Crippen LogP contribution in [0.25, 0.3) is 0 Å². The van der Waals surface area contributed by atoms with Gasteiger partial charge in [-0.15, -0.1) is 0 Å². The maximum Gasteiger partial charge on any atom is 0.241 e. The number of carbonyl (C=O) groups is 1.